The van der Waals surface area contributed by atoms with E-state index in [4.69, 9.17) is 23.2 Å². The van der Waals surface area contributed by atoms with E-state index in [9.17, 15) is 14.4 Å². The van der Waals surface area contributed by atoms with Gasteiger partial charge in [-0.15, -0.1) is 0 Å². The molecule has 1 amide bonds. The number of Topliss-reactive ketones (excluding diaryl/α,β-unsaturated/α-hetero) is 2. The molecule has 3 aliphatic rings. The van der Waals surface area contributed by atoms with E-state index in [0.717, 1.165) is 11.3 Å². The highest BCUT2D eigenvalue weighted by Crippen LogP contribution is 2.58. The first-order valence-corrected chi connectivity index (χ1v) is 13.3. The summed E-state index contributed by atoms with van der Waals surface area (Å²) in [5.74, 6) is -1.79. The van der Waals surface area contributed by atoms with Gasteiger partial charge in [0.25, 0.3) is 0 Å². The molecule has 38 heavy (non-hydrogen) atoms. The Labute approximate surface area is 231 Å². The Morgan fingerprint density at radius 1 is 0.974 bits per heavy atom. The summed E-state index contributed by atoms with van der Waals surface area (Å²) in [7, 11) is 0. The molecule has 4 unspecified atom stereocenters. The first kappa shape index (κ1) is 24.9. The molecule has 6 rings (SSSR count). The molecule has 0 bridgehead atoms. The van der Waals surface area contributed by atoms with Gasteiger partial charge in [-0.05, 0) is 47.5 Å². The summed E-state index contributed by atoms with van der Waals surface area (Å²) in [6.07, 6.45) is 3.86. The monoisotopic (exact) mass is 544 g/mol. The third-order valence-electron chi connectivity index (χ3n) is 8.02. The SMILES string of the molecule is CC(C)(C)C(=O)C1C(C(=O)c2ccccc2Cl)C2(C(=O)Nc3ccccc32)C2C=Cc3cc(Cl)ccc3N12. The second-order valence-corrected chi connectivity index (χ2v) is 12.0. The zero-order valence-corrected chi connectivity index (χ0v) is 22.7. The van der Waals surface area contributed by atoms with Crippen molar-refractivity contribution >= 4 is 58.1 Å². The van der Waals surface area contributed by atoms with Crippen LogP contribution in [0.2, 0.25) is 10.0 Å². The summed E-state index contributed by atoms with van der Waals surface area (Å²) in [6.45, 7) is 5.53. The molecular weight excluding hydrogens is 519 g/mol. The van der Waals surface area contributed by atoms with Crippen LogP contribution in [0.5, 0.6) is 0 Å². The molecule has 3 heterocycles. The largest absolute Gasteiger partial charge is 0.352 e. The lowest BCUT2D eigenvalue weighted by molar-refractivity contribution is -0.128. The number of anilines is 2. The van der Waals surface area contributed by atoms with Crippen molar-refractivity contribution in [1.29, 1.82) is 0 Å². The summed E-state index contributed by atoms with van der Waals surface area (Å²) in [4.78, 5) is 45.2. The minimum atomic E-state index is -1.35. The molecule has 1 spiro atoms. The third-order valence-corrected chi connectivity index (χ3v) is 8.59. The number of ketones is 2. The minimum absolute atomic E-state index is 0.127. The van der Waals surface area contributed by atoms with Crippen LogP contribution in [-0.4, -0.2) is 29.6 Å². The third kappa shape index (κ3) is 3.35. The van der Waals surface area contributed by atoms with Crippen LogP contribution in [-0.2, 0) is 15.0 Å². The smallest absolute Gasteiger partial charge is 0.238 e. The van der Waals surface area contributed by atoms with Crippen molar-refractivity contribution in [2.45, 2.75) is 38.3 Å². The molecule has 1 N–H and O–H groups in total. The van der Waals surface area contributed by atoms with Gasteiger partial charge in [-0.25, -0.2) is 0 Å². The normalized spacial score (nSPS) is 25.1. The Morgan fingerprint density at radius 3 is 2.42 bits per heavy atom. The Kier molecular flexibility index (Phi) is 5.60. The Morgan fingerprint density at radius 2 is 1.68 bits per heavy atom. The molecular formula is C31H26Cl2N2O3. The van der Waals surface area contributed by atoms with Gasteiger partial charge in [0.2, 0.25) is 5.91 Å². The molecule has 0 saturated carbocycles. The van der Waals surface area contributed by atoms with Crippen LogP contribution in [0.25, 0.3) is 6.08 Å². The van der Waals surface area contributed by atoms with E-state index in [1.165, 1.54) is 0 Å². The van der Waals surface area contributed by atoms with Gasteiger partial charge >= 0.3 is 0 Å². The molecule has 3 aliphatic heterocycles. The van der Waals surface area contributed by atoms with E-state index in [1.807, 2.05) is 74.2 Å². The van der Waals surface area contributed by atoms with Crippen molar-refractivity contribution in [2.24, 2.45) is 11.3 Å². The number of amides is 1. The summed E-state index contributed by atoms with van der Waals surface area (Å²) < 4.78 is 0. The number of carbonyl (C=O) groups excluding carboxylic acids is 3. The average molecular weight is 545 g/mol. The summed E-state index contributed by atoms with van der Waals surface area (Å²) >= 11 is 12.9. The molecule has 0 aliphatic carbocycles. The predicted molar refractivity (Wildman–Crippen MR) is 151 cm³/mol. The lowest BCUT2D eigenvalue weighted by Gasteiger charge is -2.38. The topological polar surface area (TPSA) is 66.5 Å². The highest BCUT2D eigenvalue weighted by molar-refractivity contribution is 6.34. The van der Waals surface area contributed by atoms with Gasteiger partial charge < -0.3 is 10.2 Å². The standard InChI is InChI=1S/C31H26Cl2N2O3/c1-30(2,3)28(37)26-25(27(36)19-8-4-6-10-21(19)33)31(20-9-5-7-11-22(20)34-29(31)38)24-15-12-17-16-18(32)13-14-23(17)35(24)26/h4-16,24-26H,1-3H3,(H,34,38). The lowest BCUT2D eigenvalue weighted by Crippen LogP contribution is -2.51. The second kappa shape index (κ2) is 8.55. The number of nitrogens with one attached hydrogen (secondary N) is 1. The maximum atomic E-state index is 14.6. The number of benzene rings is 3. The summed E-state index contributed by atoms with van der Waals surface area (Å²) in [5.41, 5.74) is 1.09. The Bertz CT molecular complexity index is 1560. The number of rotatable bonds is 3. The molecule has 4 atom stereocenters. The first-order chi connectivity index (χ1) is 18.1. The van der Waals surface area contributed by atoms with Crippen LogP contribution in [0, 0.1) is 11.3 Å². The molecule has 0 aromatic heterocycles. The zero-order valence-electron chi connectivity index (χ0n) is 21.2. The number of hydrogen-bond acceptors (Lipinski definition) is 4. The van der Waals surface area contributed by atoms with Crippen molar-refractivity contribution < 1.29 is 14.4 Å². The van der Waals surface area contributed by atoms with Gasteiger partial charge in [-0.3, -0.25) is 14.4 Å². The molecule has 0 radical (unpaired) electrons. The highest BCUT2D eigenvalue weighted by Gasteiger charge is 2.70. The number of para-hydroxylation sites is 1. The summed E-state index contributed by atoms with van der Waals surface area (Å²) in [5, 5.41) is 3.88. The lowest BCUT2D eigenvalue weighted by atomic mass is 9.63. The van der Waals surface area contributed by atoms with Crippen molar-refractivity contribution in [3.05, 3.63) is 99.5 Å². The number of carbonyl (C=O) groups is 3. The quantitative estimate of drug-likeness (QED) is 0.378. The zero-order chi connectivity index (χ0) is 27.0. The molecule has 7 heteroatoms. The van der Waals surface area contributed by atoms with Gasteiger partial charge in [0.05, 0.1) is 17.0 Å². The molecule has 1 saturated heterocycles. The van der Waals surface area contributed by atoms with E-state index < -0.39 is 28.8 Å². The van der Waals surface area contributed by atoms with Gasteiger partial charge in [0, 0.05) is 27.4 Å². The van der Waals surface area contributed by atoms with E-state index in [2.05, 4.69) is 5.32 Å². The van der Waals surface area contributed by atoms with Crippen LogP contribution >= 0.6 is 23.2 Å². The molecule has 1 fully saturated rings. The Hall–Kier alpha value is -3.41. The predicted octanol–water partition coefficient (Wildman–Crippen LogP) is 6.58. The minimum Gasteiger partial charge on any atom is -0.352 e. The van der Waals surface area contributed by atoms with Gasteiger partial charge in [-0.2, -0.15) is 0 Å². The first-order valence-electron chi connectivity index (χ1n) is 12.6. The molecule has 3 aromatic rings. The van der Waals surface area contributed by atoms with E-state index in [-0.39, 0.29) is 22.5 Å². The van der Waals surface area contributed by atoms with Crippen LogP contribution in [0.1, 0.15) is 42.3 Å². The van der Waals surface area contributed by atoms with Gasteiger partial charge in [0.1, 0.15) is 11.5 Å². The van der Waals surface area contributed by atoms with Gasteiger partial charge in [-0.1, -0.05) is 86.5 Å². The van der Waals surface area contributed by atoms with Crippen molar-refractivity contribution in [1.82, 2.24) is 0 Å². The van der Waals surface area contributed by atoms with E-state index >= 15 is 0 Å². The van der Waals surface area contributed by atoms with E-state index in [0.29, 0.717) is 21.8 Å². The number of fused-ring (bicyclic) bond motifs is 6. The fourth-order valence-electron chi connectivity index (χ4n) is 6.42. The maximum absolute atomic E-state index is 14.6. The van der Waals surface area contributed by atoms with Crippen LogP contribution in [0.3, 0.4) is 0 Å². The molecule has 5 nitrogen and oxygen atoms in total. The number of halogens is 2. The highest BCUT2D eigenvalue weighted by atomic mass is 35.5. The van der Waals surface area contributed by atoms with Crippen molar-refractivity contribution in [3.8, 4) is 0 Å². The van der Waals surface area contributed by atoms with Crippen LogP contribution in [0.15, 0.2) is 72.8 Å². The number of nitrogens with zero attached hydrogens (tertiary/aromatic N) is 1. The van der Waals surface area contributed by atoms with Crippen LogP contribution < -0.4 is 10.2 Å². The second-order valence-electron chi connectivity index (χ2n) is 11.2. The van der Waals surface area contributed by atoms with Gasteiger partial charge in [0.15, 0.2) is 11.6 Å². The van der Waals surface area contributed by atoms with E-state index in [1.54, 1.807) is 30.3 Å². The van der Waals surface area contributed by atoms with Crippen molar-refractivity contribution in [2.75, 3.05) is 10.2 Å². The fraction of sp³-hybridized carbons (Fsp3) is 0.258. The van der Waals surface area contributed by atoms with Crippen molar-refractivity contribution in [3.63, 3.8) is 0 Å². The molecule has 192 valence electrons. The molecule has 3 aromatic carbocycles. The maximum Gasteiger partial charge on any atom is 0.238 e. The Balaban J connectivity index is 1.70. The number of hydrogen-bond donors (Lipinski definition) is 1. The average Bonchev–Trinajstić information content (AvgIpc) is 3.35. The summed E-state index contributed by atoms with van der Waals surface area (Å²) in [6, 6.07) is 18.2. The fourth-order valence-corrected chi connectivity index (χ4v) is 6.83. The van der Waals surface area contributed by atoms with Crippen LogP contribution in [0.4, 0.5) is 11.4 Å².